The molecular formula is C64H46N4Si. The largest absolute Gasteiger partial charge is 0.309 e. The van der Waals surface area contributed by atoms with Crippen molar-refractivity contribution in [2.24, 2.45) is 0 Å². The van der Waals surface area contributed by atoms with Crippen LogP contribution in [-0.2, 0) is 0 Å². The van der Waals surface area contributed by atoms with Crippen LogP contribution in [0.15, 0.2) is 261 Å². The molecule has 0 radical (unpaired) electrons. The molecule has 0 aliphatic heterocycles. The highest BCUT2D eigenvalue weighted by atomic mass is 28.3. The molecule has 0 saturated heterocycles. The number of nitrogens with zero attached hydrogens (tertiary/aromatic N) is 4. The van der Waals surface area contributed by atoms with Crippen LogP contribution in [0.3, 0.4) is 0 Å². The summed E-state index contributed by atoms with van der Waals surface area (Å²) in [6.45, 7) is 2.15. The minimum atomic E-state index is -2.82. The van der Waals surface area contributed by atoms with Gasteiger partial charge in [-0.2, -0.15) is 0 Å². The van der Waals surface area contributed by atoms with Gasteiger partial charge in [0.2, 0.25) is 0 Å². The minimum Gasteiger partial charge on any atom is -0.309 e. The fourth-order valence-electron chi connectivity index (χ4n) is 10.3. The van der Waals surface area contributed by atoms with E-state index >= 15 is 0 Å². The number of fused-ring (bicyclic) bond motifs is 3. The highest BCUT2D eigenvalue weighted by Crippen LogP contribution is 2.40. The number of aryl methyl sites for hydroxylation is 1. The van der Waals surface area contributed by atoms with E-state index in [2.05, 4.69) is 236 Å². The van der Waals surface area contributed by atoms with Crippen molar-refractivity contribution >= 4 is 50.6 Å². The van der Waals surface area contributed by atoms with Crippen molar-refractivity contribution in [1.82, 2.24) is 19.5 Å². The van der Waals surface area contributed by atoms with Crippen molar-refractivity contribution in [3.05, 3.63) is 266 Å². The topological polar surface area (TPSA) is 43.6 Å². The molecule has 0 bridgehead atoms. The predicted molar refractivity (Wildman–Crippen MR) is 290 cm³/mol. The normalized spacial score (nSPS) is 11.6. The molecule has 0 aliphatic rings. The van der Waals surface area contributed by atoms with Crippen LogP contribution in [0.5, 0.6) is 0 Å². The quantitative estimate of drug-likeness (QED) is 0.101. The van der Waals surface area contributed by atoms with Gasteiger partial charge in [0.1, 0.15) is 0 Å². The van der Waals surface area contributed by atoms with Crippen LogP contribution in [0, 0.1) is 6.92 Å². The summed E-state index contributed by atoms with van der Waals surface area (Å²) >= 11 is 0. The van der Waals surface area contributed by atoms with Gasteiger partial charge in [0.05, 0.1) is 16.7 Å². The van der Waals surface area contributed by atoms with Gasteiger partial charge in [0.25, 0.3) is 0 Å². The summed E-state index contributed by atoms with van der Waals surface area (Å²) < 4.78 is 2.40. The summed E-state index contributed by atoms with van der Waals surface area (Å²) in [6.07, 6.45) is 0. The van der Waals surface area contributed by atoms with E-state index in [4.69, 9.17) is 15.0 Å². The molecule has 12 rings (SSSR count). The molecule has 0 aliphatic carbocycles. The molecular weight excluding hydrogens is 853 g/mol. The van der Waals surface area contributed by atoms with Gasteiger partial charge in [0.15, 0.2) is 25.5 Å². The Labute approximate surface area is 403 Å². The fourth-order valence-corrected chi connectivity index (χ4v) is 15.0. The Kier molecular flexibility index (Phi) is 10.7. The molecule has 0 unspecified atom stereocenters. The number of para-hydroxylation sites is 1. The van der Waals surface area contributed by atoms with E-state index in [9.17, 15) is 0 Å². The van der Waals surface area contributed by atoms with Crippen LogP contribution in [0.1, 0.15) is 5.56 Å². The molecule has 0 spiro atoms. The van der Waals surface area contributed by atoms with E-state index in [0.717, 1.165) is 44.5 Å². The molecule has 0 atom stereocenters. The molecule has 0 N–H and O–H groups in total. The lowest BCUT2D eigenvalue weighted by molar-refractivity contribution is 1.06. The van der Waals surface area contributed by atoms with Crippen LogP contribution >= 0.6 is 0 Å². The Morgan fingerprint density at radius 2 is 0.739 bits per heavy atom. The summed E-state index contributed by atoms with van der Waals surface area (Å²) in [5.74, 6) is 1.83. The average molecular weight is 899 g/mol. The first kappa shape index (κ1) is 41.6. The van der Waals surface area contributed by atoms with E-state index < -0.39 is 8.07 Å². The number of hydrogen-bond donors (Lipinski definition) is 0. The SMILES string of the molecule is Cc1cccc(-c2ccc3c(c2)c2ccccc2n3-c2ccc(-c3cccc([Si](c4ccccc4)(c4ccccc4)c4ccccc4)c3)cc2-c2nc(-c3ccccc3)nc(-c3ccccc3)n2)c1. The first-order valence-corrected chi connectivity index (χ1v) is 25.5. The van der Waals surface area contributed by atoms with Crippen molar-refractivity contribution in [2.45, 2.75) is 6.92 Å². The second-order valence-corrected chi connectivity index (χ2v) is 21.5. The Bertz CT molecular complexity index is 3620. The third-order valence-corrected chi connectivity index (χ3v) is 18.2. The summed E-state index contributed by atoms with van der Waals surface area (Å²) in [5, 5.41) is 7.67. The zero-order chi connectivity index (χ0) is 46.2. The maximum absolute atomic E-state index is 5.37. The van der Waals surface area contributed by atoms with Crippen LogP contribution in [-0.4, -0.2) is 27.6 Å². The first-order chi connectivity index (χ1) is 34.1. The fraction of sp³-hybridized carbons (Fsp3) is 0.0156. The van der Waals surface area contributed by atoms with Crippen molar-refractivity contribution in [1.29, 1.82) is 0 Å². The molecule has 10 aromatic carbocycles. The van der Waals surface area contributed by atoms with Gasteiger partial charge >= 0.3 is 0 Å². The van der Waals surface area contributed by atoms with Gasteiger partial charge in [-0.05, 0) is 80.3 Å². The Hall–Kier alpha value is -8.77. The molecule has 0 amide bonds. The lowest BCUT2D eigenvalue weighted by Gasteiger charge is -2.34. The Morgan fingerprint density at radius 1 is 0.304 bits per heavy atom. The minimum absolute atomic E-state index is 0.597. The third-order valence-electron chi connectivity index (χ3n) is 13.5. The average Bonchev–Trinajstić information content (AvgIpc) is 3.76. The van der Waals surface area contributed by atoms with Gasteiger partial charge in [0, 0.05) is 27.5 Å². The van der Waals surface area contributed by atoms with Crippen molar-refractivity contribution in [2.75, 3.05) is 0 Å². The van der Waals surface area contributed by atoms with Crippen molar-refractivity contribution < 1.29 is 0 Å². The molecule has 326 valence electrons. The number of benzene rings is 10. The molecule has 0 fully saturated rings. The lowest BCUT2D eigenvalue weighted by Crippen LogP contribution is -2.74. The standard InChI is InChI=1S/C64H46N4Si/c1-45-21-19-26-48(41-45)50-37-39-60-57(43-50)56-35-17-18-36-59(56)68(60)61-40-38-51(44-58(61)64-66-62(46-22-7-2-8-23-46)65-63(67-64)47-24-9-3-10-25-47)49-27-20-34-55(42-49)69(52-28-11-4-12-29-52,53-30-13-5-14-31-53)54-32-15-6-16-33-54/h2-44H,1H3. The van der Waals surface area contributed by atoms with Gasteiger partial charge in [-0.3, -0.25) is 0 Å². The Balaban J connectivity index is 1.12. The van der Waals surface area contributed by atoms with Crippen LogP contribution < -0.4 is 20.7 Å². The molecule has 5 heteroatoms. The monoisotopic (exact) mass is 898 g/mol. The van der Waals surface area contributed by atoms with E-state index in [-0.39, 0.29) is 0 Å². The van der Waals surface area contributed by atoms with Gasteiger partial charge in [-0.25, -0.2) is 15.0 Å². The van der Waals surface area contributed by atoms with E-state index in [1.807, 2.05) is 36.4 Å². The predicted octanol–water partition coefficient (Wildman–Crippen LogP) is 13.0. The highest BCUT2D eigenvalue weighted by Gasteiger charge is 2.41. The Morgan fingerprint density at radius 3 is 1.33 bits per heavy atom. The molecule has 4 nitrogen and oxygen atoms in total. The second-order valence-electron chi connectivity index (χ2n) is 17.7. The smallest absolute Gasteiger partial charge is 0.179 e. The van der Waals surface area contributed by atoms with Gasteiger partial charge in [-0.1, -0.05) is 236 Å². The van der Waals surface area contributed by atoms with E-state index in [1.54, 1.807) is 0 Å². The van der Waals surface area contributed by atoms with Crippen LogP contribution in [0.4, 0.5) is 0 Å². The van der Waals surface area contributed by atoms with E-state index in [0.29, 0.717) is 17.5 Å². The summed E-state index contributed by atoms with van der Waals surface area (Å²) in [7, 11) is -2.82. The summed E-state index contributed by atoms with van der Waals surface area (Å²) in [5.41, 5.74) is 11.7. The second kappa shape index (κ2) is 17.8. The molecule has 0 saturated carbocycles. The highest BCUT2D eigenvalue weighted by molar-refractivity contribution is 7.19. The summed E-state index contributed by atoms with van der Waals surface area (Å²) in [6, 6.07) is 94.2. The third kappa shape index (κ3) is 7.56. The molecule has 69 heavy (non-hydrogen) atoms. The number of aromatic nitrogens is 4. The molecule has 2 aromatic heterocycles. The maximum atomic E-state index is 5.37. The van der Waals surface area contributed by atoms with Crippen molar-refractivity contribution in [3.63, 3.8) is 0 Å². The van der Waals surface area contributed by atoms with Crippen LogP contribution in [0.2, 0.25) is 0 Å². The van der Waals surface area contributed by atoms with Crippen molar-refractivity contribution in [3.8, 4) is 62.1 Å². The summed E-state index contributed by atoms with van der Waals surface area (Å²) in [4.78, 5) is 15.9. The zero-order valence-corrected chi connectivity index (χ0v) is 39.1. The van der Waals surface area contributed by atoms with Gasteiger partial charge in [-0.15, -0.1) is 0 Å². The lowest BCUT2D eigenvalue weighted by atomic mass is 10.0. The molecule has 12 aromatic rings. The zero-order valence-electron chi connectivity index (χ0n) is 38.1. The number of hydrogen-bond acceptors (Lipinski definition) is 3. The van der Waals surface area contributed by atoms with Gasteiger partial charge < -0.3 is 4.57 Å². The number of rotatable bonds is 10. The van der Waals surface area contributed by atoms with E-state index in [1.165, 1.54) is 48.2 Å². The first-order valence-electron chi connectivity index (χ1n) is 23.5. The van der Waals surface area contributed by atoms with Crippen LogP contribution in [0.25, 0.3) is 83.9 Å². The maximum Gasteiger partial charge on any atom is 0.179 e. The molecule has 2 heterocycles.